The van der Waals surface area contributed by atoms with Crippen molar-refractivity contribution < 1.29 is 9.21 Å². The SMILES string of the molecule is N#CCCN(Cc1cccnc1)C(=O)Cc1coc2ccc3ccccc3c12. The van der Waals surface area contributed by atoms with Crippen LogP contribution in [-0.4, -0.2) is 22.3 Å². The molecule has 0 saturated heterocycles. The predicted molar refractivity (Wildman–Crippen MR) is 107 cm³/mol. The molecule has 5 nitrogen and oxygen atoms in total. The van der Waals surface area contributed by atoms with Gasteiger partial charge in [0.15, 0.2) is 0 Å². The number of carbonyl (C=O) groups excluding carboxylic acids is 1. The summed E-state index contributed by atoms with van der Waals surface area (Å²) in [6.45, 7) is 0.825. The largest absolute Gasteiger partial charge is 0.464 e. The number of rotatable bonds is 6. The van der Waals surface area contributed by atoms with Crippen LogP contribution in [-0.2, 0) is 17.8 Å². The topological polar surface area (TPSA) is 70.1 Å². The van der Waals surface area contributed by atoms with E-state index in [0.717, 1.165) is 32.9 Å². The molecule has 4 aromatic rings. The zero-order valence-corrected chi connectivity index (χ0v) is 15.3. The Kier molecular flexibility index (Phi) is 5.03. The number of amides is 1. The fourth-order valence-electron chi connectivity index (χ4n) is 3.47. The Morgan fingerprint density at radius 3 is 2.86 bits per heavy atom. The third-order valence-electron chi connectivity index (χ3n) is 4.82. The molecule has 2 aromatic heterocycles. The Labute approximate surface area is 162 Å². The lowest BCUT2D eigenvalue weighted by Gasteiger charge is -2.21. The van der Waals surface area contributed by atoms with E-state index in [-0.39, 0.29) is 12.3 Å². The Morgan fingerprint density at radius 1 is 1.14 bits per heavy atom. The number of hydrogen-bond acceptors (Lipinski definition) is 4. The summed E-state index contributed by atoms with van der Waals surface area (Å²) in [6, 6.07) is 17.9. The monoisotopic (exact) mass is 369 g/mol. The maximum absolute atomic E-state index is 13.1. The molecule has 0 bridgehead atoms. The Balaban J connectivity index is 1.63. The molecule has 138 valence electrons. The van der Waals surface area contributed by atoms with Crippen LogP contribution in [0.1, 0.15) is 17.5 Å². The van der Waals surface area contributed by atoms with Crippen molar-refractivity contribution in [3.63, 3.8) is 0 Å². The number of hydrogen-bond donors (Lipinski definition) is 0. The minimum absolute atomic E-state index is 0.0327. The number of furan rings is 1. The van der Waals surface area contributed by atoms with Gasteiger partial charge < -0.3 is 9.32 Å². The average molecular weight is 369 g/mol. The minimum Gasteiger partial charge on any atom is -0.464 e. The number of aromatic nitrogens is 1. The van der Waals surface area contributed by atoms with Crippen molar-refractivity contribution in [2.45, 2.75) is 19.4 Å². The van der Waals surface area contributed by atoms with Crippen LogP contribution in [0.5, 0.6) is 0 Å². The molecule has 0 saturated carbocycles. The van der Waals surface area contributed by atoms with Crippen LogP contribution in [0.25, 0.3) is 21.7 Å². The first-order chi connectivity index (χ1) is 13.8. The van der Waals surface area contributed by atoms with Crippen LogP contribution in [0.3, 0.4) is 0 Å². The van der Waals surface area contributed by atoms with E-state index in [4.69, 9.17) is 9.68 Å². The van der Waals surface area contributed by atoms with Crippen molar-refractivity contribution in [1.82, 2.24) is 9.88 Å². The van der Waals surface area contributed by atoms with E-state index in [2.05, 4.69) is 17.1 Å². The molecular weight excluding hydrogens is 350 g/mol. The van der Waals surface area contributed by atoms with Gasteiger partial charge in [0.05, 0.1) is 25.2 Å². The highest BCUT2D eigenvalue weighted by atomic mass is 16.3. The lowest BCUT2D eigenvalue weighted by atomic mass is 10.0. The number of carbonyl (C=O) groups is 1. The maximum Gasteiger partial charge on any atom is 0.227 e. The zero-order valence-electron chi connectivity index (χ0n) is 15.3. The summed E-state index contributed by atoms with van der Waals surface area (Å²) in [5.74, 6) is -0.0327. The van der Waals surface area contributed by atoms with Gasteiger partial charge in [-0.05, 0) is 28.5 Å². The van der Waals surface area contributed by atoms with Crippen LogP contribution in [0.2, 0.25) is 0 Å². The fourth-order valence-corrected chi connectivity index (χ4v) is 3.47. The summed E-state index contributed by atoms with van der Waals surface area (Å²) in [5.41, 5.74) is 2.58. The van der Waals surface area contributed by atoms with E-state index >= 15 is 0 Å². The molecule has 2 aromatic carbocycles. The fraction of sp³-hybridized carbons (Fsp3) is 0.174. The van der Waals surface area contributed by atoms with Gasteiger partial charge in [0.2, 0.25) is 5.91 Å². The van der Waals surface area contributed by atoms with Crippen LogP contribution in [0, 0.1) is 11.3 Å². The van der Waals surface area contributed by atoms with Gasteiger partial charge in [0.1, 0.15) is 5.58 Å². The lowest BCUT2D eigenvalue weighted by Crippen LogP contribution is -2.32. The van der Waals surface area contributed by atoms with E-state index in [1.165, 1.54) is 0 Å². The third kappa shape index (κ3) is 3.58. The highest BCUT2D eigenvalue weighted by Gasteiger charge is 2.18. The molecule has 0 N–H and O–H groups in total. The molecule has 0 radical (unpaired) electrons. The van der Waals surface area contributed by atoms with Crippen molar-refractivity contribution in [2.24, 2.45) is 0 Å². The smallest absolute Gasteiger partial charge is 0.227 e. The lowest BCUT2D eigenvalue weighted by molar-refractivity contribution is -0.131. The highest BCUT2D eigenvalue weighted by Crippen LogP contribution is 2.30. The van der Waals surface area contributed by atoms with Crippen molar-refractivity contribution in [1.29, 1.82) is 5.26 Å². The van der Waals surface area contributed by atoms with Gasteiger partial charge in [-0.15, -0.1) is 0 Å². The molecule has 0 spiro atoms. The molecule has 0 unspecified atom stereocenters. The first kappa shape index (κ1) is 17.7. The Bertz CT molecular complexity index is 1160. The highest BCUT2D eigenvalue weighted by molar-refractivity contribution is 6.08. The first-order valence-electron chi connectivity index (χ1n) is 9.17. The van der Waals surface area contributed by atoms with Crippen molar-refractivity contribution in [3.05, 3.63) is 78.3 Å². The summed E-state index contributed by atoms with van der Waals surface area (Å²) in [5, 5.41) is 12.1. The molecule has 0 fully saturated rings. The summed E-state index contributed by atoms with van der Waals surface area (Å²) in [6.07, 6.45) is 5.64. The van der Waals surface area contributed by atoms with Gasteiger partial charge in [-0.3, -0.25) is 9.78 Å². The van der Waals surface area contributed by atoms with Crippen LogP contribution in [0.15, 0.2) is 71.6 Å². The number of nitrogens with zero attached hydrogens (tertiary/aromatic N) is 3. The molecular formula is C23H19N3O2. The second kappa shape index (κ2) is 7.93. The standard InChI is InChI=1S/C23H19N3O2/c24-10-4-12-26(15-17-5-3-11-25-14-17)22(27)13-19-16-28-21-9-8-18-6-1-2-7-20(18)23(19)21/h1-3,5-9,11,14,16H,4,12-13,15H2. The van der Waals surface area contributed by atoms with E-state index in [0.29, 0.717) is 19.5 Å². The number of benzene rings is 2. The van der Waals surface area contributed by atoms with Crippen LogP contribution < -0.4 is 0 Å². The molecule has 1 amide bonds. The Morgan fingerprint density at radius 2 is 2.04 bits per heavy atom. The van der Waals surface area contributed by atoms with Crippen molar-refractivity contribution in [3.8, 4) is 6.07 Å². The van der Waals surface area contributed by atoms with E-state index in [9.17, 15) is 4.79 Å². The minimum atomic E-state index is -0.0327. The molecule has 0 aliphatic rings. The van der Waals surface area contributed by atoms with Gasteiger partial charge in [0, 0.05) is 36.4 Å². The number of pyridine rings is 1. The van der Waals surface area contributed by atoms with Crippen molar-refractivity contribution >= 4 is 27.6 Å². The predicted octanol–water partition coefficient (Wildman–Crippen LogP) is 4.47. The molecule has 2 heterocycles. The van der Waals surface area contributed by atoms with Gasteiger partial charge in [-0.25, -0.2) is 0 Å². The van der Waals surface area contributed by atoms with Gasteiger partial charge in [-0.1, -0.05) is 36.4 Å². The quantitative estimate of drug-likeness (QED) is 0.503. The molecule has 4 rings (SSSR count). The van der Waals surface area contributed by atoms with E-state index < -0.39 is 0 Å². The summed E-state index contributed by atoms with van der Waals surface area (Å²) in [7, 11) is 0. The molecule has 5 heteroatoms. The van der Waals surface area contributed by atoms with Crippen LogP contribution >= 0.6 is 0 Å². The van der Waals surface area contributed by atoms with E-state index in [1.807, 2.05) is 42.5 Å². The average Bonchev–Trinajstić information content (AvgIpc) is 3.15. The molecule has 28 heavy (non-hydrogen) atoms. The second-order valence-corrected chi connectivity index (χ2v) is 6.68. The van der Waals surface area contributed by atoms with Gasteiger partial charge in [-0.2, -0.15) is 5.26 Å². The first-order valence-corrected chi connectivity index (χ1v) is 9.17. The Hall–Kier alpha value is -3.65. The normalized spacial score (nSPS) is 10.8. The second-order valence-electron chi connectivity index (χ2n) is 6.68. The maximum atomic E-state index is 13.1. The molecule has 0 aliphatic heterocycles. The van der Waals surface area contributed by atoms with Crippen LogP contribution in [0.4, 0.5) is 0 Å². The van der Waals surface area contributed by atoms with Crippen molar-refractivity contribution in [2.75, 3.05) is 6.54 Å². The summed E-state index contributed by atoms with van der Waals surface area (Å²) < 4.78 is 5.70. The number of nitriles is 1. The van der Waals surface area contributed by atoms with Gasteiger partial charge in [0.25, 0.3) is 0 Å². The number of fused-ring (bicyclic) bond motifs is 3. The molecule has 0 aliphatic carbocycles. The molecule has 0 atom stereocenters. The third-order valence-corrected chi connectivity index (χ3v) is 4.82. The summed E-state index contributed by atoms with van der Waals surface area (Å²) in [4.78, 5) is 18.9. The zero-order chi connectivity index (χ0) is 19.3. The van der Waals surface area contributed by atoms with Gasteiger partial charge >= 0.3 is 0 Å². The summed E-state index contributed by atoms with van der Waals surface area (Å²) >= 11 is 0. The van der Waals surface area contributed by atoms with E-state index in [1.54, 1.807) is 23.6 Å².